The van der Waals surface area contributed by atoms with Gasteiger partial charge in [0.05, 0.1) is 0 Å². The summed E-state index contributed by atoms with van der Waals surface area (Å²) in [5.74, 6) is 1.00. The van der Waals surface area contributed by atoms with Gasteiger partial charge in [0.2, 0.25) is 0 Å². The highest BCUT2D eigenvalue weighted by molar-refractivity contribution is 7.99. The van der Waals surface area contributed by atoms with Crippen molar-refractivity contribution >= 4 is 11.8 Å². The minimum absolute atomic E-state index is 0.269. The van der Waals surface area contributed by atoms with Crippen molar-refractivity contribution in [1.82, 2.24) is 14.8 Å². The maximum atomic E-state index is 5.61. The molecule has 1 aromatic rings. The molecule has 0 aliphatic rings. The quantitative estimate of drug-likeness (QED) is 0.701. The van der Waals surface area contributed by atoms with Gasteiger partial charge in [-0.15, -0.1) is 0 Å². The minimum Gasteiger partial charge on any atom is -0.328 e. The van der Waals surface area contributed by atoms with E-state index in [0.717, 1.165) is 17.3 Å². The van der Waals surface area contributed by atoms with Crippen LogP contribution < -0.4 is 5.73 Å². The van der Waals surface area contributed by atoms with Gasteiger partial charge in [-0.25, -0.2) is 9.67 Å². The van der Waals surface area contributed by atoms with Gasteiger partial charge in [-0.1, -0.05) is 11.8 Å². The van der Waals surface area contributed by atoms with Crippen LogP contribution in [-0.2, 0) is 7.05 Å². The molecule has 1 rings (SSSR count). The normalized spacial score (nSPS) is 13.2. The Hall–Kier alpha value is -0.550. The zero-order valence-electron chi connectivity index (χ0n) is 7.40. The topological polar surface area (TPSA) is 56.7 Å². The summed E-state index contributed by atoms with van der Waals surface area (Å²) in [6, 6.07) is 0.269. The Morgan fingerprint density at radius 3 is 3.00 bits per heavy atom. The summed E-state index contributed by atoms with van der Waals surface area (Å²) >= 11 is 1.69. The second-order valence-electron chi connectivity index (χ2n) is 2.78. The van der Waals surface area contributed by atoms with E-state index in [4.69, 9.17) is 5.73 Å². The number of thioether (sulfide) groups is 1. The number of hydrogen-bond donors (Lipinski definition) is 1. The van der Waals surface area contributed by atoms with Crippen LogP contribution in [0.2, 0.25) is 0 Å². The molecule has 0 aromatic carbocycles. The highest BCUT2D eigenvalue weighted by atomic mass is 32.2. The highest BCUT2D eigenvalue weighted by Gasteiger charge is 2.01. The van der Waals surface area contributed by atoms with Crippen LogP contribution in [0.3, 0.4) is 0 Å². The van der Waals surface area contributed by atoms with Gasteiger partial charge in [0.25, 0.3) is 0 Å². The average Bonchev–Trinajstić information content (AvgIpc) is 2.36. The van der Waals surface area contributed by atoms with Crippen LogP contribution in [0.15, 0.2) is 11.5 Å². The number of aryl methyl sites for hydroxylation is 1. The van der Waals surface area contributed by atoms with Gasteiger partial charge < -0.3 is 5.73 Å². The van der Waals surface area contributed by atoms with Gasteiger partial charge in [-0.05, 0) is 13.3 Å². The van der Waals surface area contributed by atoms with Crippen LogP contribution in [0.25, 0.3) is 0 Å². The average molecular weight is 186 g/mol. The Labute approximate surface area is 76.5 Å². The predicted octanol–water partition coefficient (Wildman–Crippen LogP) is 0.645. The third-order valence-electron chi connectivity index (χ3n) is 1.47. The first-order chi connectivity index (χ1) is 5.70. The summed E-state index contributed by atoms with van der Waals surface area (Å²) in [7, 11) is 1.89. The van der Waals surface area contributed by atoms with Crippen molar-refractivity contribution in [2.24, 2.45) is 12.8 Å². The molecule has 1 unspecified atom stereocenters. The van der Waals surface area contributed by atoms with Gasteiger partial charge in [-0.3, -0.25) is 0 Å². The summed E-state index contributed by atoms with van der Waals surface area (Å²) in [4.78, 5) is 4.09. The monoisotopic (exact) mass is 186 g/mol. The van der Waals surface area contributed by atoms with Crippen LogP contribution in [0, 0.1) is 0 Å². The molecule has 0 fully saturated rings. The zero-order valence-corrected chi connectivity index (χ0v) is 8.21. The van der Waals surface area contributed by atoms with Crippen molar-refractivity contribution in [3.8, 4) is 0 Å². The molecule has 68 valence electrons. The molecule has 0 aliphatic carbocycles. The predicted molar refractivity (Wildman–Crippen MR) is 50.0 cm³/mol. The number of aromatic nitrogens is 3. The second-order valence-corrected chi connectivity index (χ2v) is 3.84. The van der Waals surface area contributed by atoms with Crippen LogP contribution in [-0.4, -0.2) is 26.6 Å². The number of hydrogen-bond acceptors (Lipinski definition) is 4. The third-order valence-corrected chi connectivity index (χ3v) is 2.54. The van der Waals surface area contributed by atoms with E-state index in [1.54, 1.807) is 22.8 Å². The molecular formula is C7H14N4S. The SMILES string of the molecule is CC(N)CCSc1ncnn1C. The smallest absolute Gasteiger partial charge is 0.185 e. The third kappa shape index (κ3) is 2.83. The van der Waals surface area contributed by atoms with Gasteiger partial charge in [0.1, 0.15) is 6.33 Å². The van der Waals surface area contributed by atoms with Gasteiger partial charge in [-0.2, -0.15) is 5.10 Å². The van der Waals surface area contributed by atoms with Gasteiger partial charge >= 0.3 is 0 Å². The molecule has 12 heavy (non-hydrogen) atoms. The van der Waals surface area contributed by atoms with Crippen molar-refractivity contribution in [2.75, 3.05) is 5.75 Å². The van der Waals surface area contributed by atoms with E-state index >= 15 is 0 Å². The van der Waals surface area contributed by atoms with Crippen LogP contribution in [0.4, 0.5) is 0 Å². The molecule has 0 aliphatic heterocycles. The number of nitrogens with two attached hydrogens (primary N) is 1. The van der Waals surface area contributed by atoms with Crippen LogP contribution in [0.5, 0.6) is 0 Å². The molecule has 0 saturated carbocycles. The van der Waals surface area contributed by atoms with Crippen LogP contribution >= 0.6 is 11.8 Å². The van der Waals surface area contributed by atoms with Crippen molar-refractivity contribution in [1.29, 1.82) is 0 Å². The Morgan fingerprint density at radius 1 is 1.75 bits per heavy atom. The molecule has 0 saturated heterocycles. The Balaban J connectivity index is 2.29. The van der Waals surface area contributed by atoms with E-state index in [2.05, 4.69) is 10.1 Å². The molecular weight excluding hydrogens is 172 g/mol. The molecule has 0 amide bonds. The maximum absolute atomic E-state index is 5.61. The molecule has 4 nitrogen and oxygen atoms in total. The van der Waals surface area contributed by atoms with Crippen molar-refractivity contribution in [3.05, 3.63) is 6.33 Å². The van der Waals surface area contributed by atoms with Crippen LogP contribution in [0.1, 0.15) is 13.3 Å². The summed E-state index contributed by atoms with van der Waals surface area (Å²) < 4.78 is 1.77. The van der Waals surface area contributed by atoms with E-state index in [1.807, 2.05) is 14.0 Å². The first-order valence-electron chi connectivity index (χ1n) is 3.92. The maximum Gasteiger partial charge on any atom is 0.185 e. The minimum atomic E-state index is 0.269. The second kappa shape index (κ2) is 4.47. The Morgan fingerprint density at radius 2 is 2.50 bits per heavy atom. The fourth-order valence-corrected chi connectivity index (χ4v) is 1.78. The Kier molecular flexibility index (Phi) is 3.55. The van der Waals surface area contributed by atoms with Crippen molar-refractivity contribution in [3.63, 3.8) is 0 Å². The number of rotatable bonds is 4. The Bertz CT molecular complexity index is 233. The molecule has 5 heteroatoms. The standard InChI is InChI=1S/C7H14N4S/c1-6(8)3-4-12-7-9-5-10-11(7)2/h5-6H,3-4,8H2,1-2H3. The summed E-state index contributed by atoms with van der Waals surface area (Å²) in [6.45, 7) is 2.01. The van der Waals surface area contributed by atoms with E-state index in [1.165, 1.54) is 0 Å². The van der Waals surface area contributed by atoms with Crippen molar-refractivity contribution in [2.45, 2.75) is 24.5 Å². The number of nitrogens with zero attached hydrogens (tertiary/aromatic N) is 3. The molecule has 1 aromatic heterocycles. The highest BCUT2D eigenvalue weighted by Crippen LogP contribution is 2.14. The lowest BCUT2D eigenvalue weighted by Crippen LogP contribution is -2.15. The van der Waals surface area contributed by atoms with E-state index in [9.17, 15) is 0 Å². The van der Waals surface area contributed by atoms with Gasteiger partial charge in [0, 0.05) is 18.8 Å². The molecule has 2 N–H and O–H groups in total. The van der Waals surface area contributed by atoms with Gasteiger partial charge in [0.15, 0.2) is 5.16 Å². The lowest BCUT2D eigenvalue weighted by atomic mass is 10.3. The largest absolute Gasteiger partial charge is 0.328 e. The first kappa shape index (κ1) is 9.54. The molecule has 0 bridgehead atoms. The lowest BCUT2D eigenvalue weighted by Gasteiger charge is -2.02. The molecule has 0 spiro atoms. The summed E-state index contributed by atoms with van der Waals surface area (Å²) in [5.41, 5.74) is 5.61. The van der Waals surface area contributed by atoms with Crippen molar-refractivity contribution < 1.29 is 0 Å². The van der Waals surface area contributed by atoms with E-state index < -0.39 is 0 Å². The molecule has 1 heterocycles. The van der Waals surface area contributed by atoms with E-state index in [-0.39, 0.29) is 6.04 Å². The molecule has 0 radical (unpaired) electrons. The van der Waals surface area contributed by atoms with E-state index in [0.29, 0.717) is 0 Å². The fourth-order valence-electron chi connectivity index (χ4n) is 0.752. The zero-order chi connectivity index (χ0) is 8.97. The molecule has 1 atom stereocenters. The fraction of sp³-hybridized carbons (Fsp3) is 0.714. The summed E-state index contributed by atoms with van der Waals surface area (Å²) in [5, 5.41) is 4.92. The first-order valence-corrected chi connectivity index (χ1v) is 4.91. The lowest BCUT2D eigenvalue weighted by molar-refractivity contribution is 0.680. The summed E-state index contributed by atoms with van der Waals surface area (Å²) in [6.07, 6.45) is 2.58.